The molecule has 4 rings (SSSR count). The molecule has 5 heteroatoms. The number of carbonyl (C=O) groups excluding carboxylic acids is 2. The summed E-state index contributed by atoms with van der Waals surface area (Å²) in [6.45, 7) is 2.72. The van der Waals surface area contributed by atoms with Crippen molar-refractivity contribution < 1.29 is 14.3 Å². The number of fused-ring (bicyclic) bond motifs is 2. The Bertz CT molecular complexity index is 1070. The van der Waals surface area contributed by atoms with Gasteiger partial charge in [0.15, 0.2) is 6.10 Å². The van der Waals surface area contributed by atoms with E-state index in [-0.39, 0.29) is 18.2 Å². The molecule has 1 unspecified atom stereocenters. The van der Waals surface area contributed by atoms with E-state index in [9.17, 15) is 9.59 Å². The van der Waals surface area contributed by atoms with Crippen LogP contribution < -0.4 is 9.64 Å². The van der Waals surface area contributed by atoms with E-state index in [1.165, 1.54) is 16.3 Å². The zero-order valence-corrected chi connectivity index (χ0v) is 17.4. The van der Waals surface area contributed by atoms with Crippen molar-refractivity contribution >= 4 is 28.3 Å². The Balaban J connectivity index is 1.38. The van der Waals surface area contributed by atoms with Gasteiger partial charge in [0.05, 0.1) is 5.69 Å². The lowest BCUT2D eigenvalue weighted by molar-refractivity contribution is -0.130. The molecule has 1 aliphatic rings. The van der Waals surface area contributed by atoms with Gasteiger partial charge >= 0.3 is 0 Å². The molecule has 1 aliphatic heterocycles. The van der Waals surface area contributed by atoms with Crippen molar-refractivity contribution in [2.24, 2.45) is 0 Å². The second-order valence-electron chi connectivity index (χ2n) is 7.67. The fourth-order valence-electron chi connectivity index (χ4n) is 3.91. The maximum atomic E-state index is 12.7. The lowest BCUT2D eigenvalue weighted by Crippen LogP contribution is -2.46. The van der Waals surface area contributed by atoms with Crippen LogP contribution in [-0.2, 0) is 16.0 Å². The molecule has 0 radical (unpaired) electrons. The third-order valence-corrected chi connectivity index (χ3v) is 5.65. The number of hydrogen-bond donors (Lipinski definition) is 0. The topological polar surface area (TPSA) is 49.9 Å². The van der Waals surface area contributed by atoms with Crippen molar-refractivity contribution in [3.63, 3.8) is 0 Å². The summed E-state index contributed by atoms with van der Waals surface area (Å²) >= 11 is 0. The first-order chi connectivity index (χ1) is 14.5. The second kappa shape index (κ2) is 8.57. The summed E-state index contributed by atoms with van der Waals surface area (Å²) in [6.07, 6.45) is 0.526. The van der Waals surface area contributed by atoms with Crippen LogP contribution in [0, 0.1) is 0 Å². The van der Waals surface area contributed by atoms with Gasteiger partial charge < -0.3 is 14.5 Å². The molecular weight excluding hydrogens is 376 g/mol. The maximum Gasteiger partial charge on any atom is 0.267 e. The van der Waals surface area contributed by atoms with E-state index >= 15 is 0 Å². The van der Waals surface area contributed by atoms with E-state index in [1.807, 2.05) is 43.4 Å². The van der Waals surface area contributed by atoms with Crippen molar-refractivity contribution in [3.8, 4) is 5.75 Å². The predicted octanol–water partition coefficient (Wildman–Crippen LogP) is 4.04. The van der Waals surface area contributed by atoms with Gasteiger partial charge in [-0.3, -0.25) is 9.59 Å². The average Bonchev–Trinajstić information content (AvgIpc) is 2.77. The smallest absolute Gasteiger partial charge is 0.267 e. The number of rotatable bonds is 6. The number of hydrogen-bond acceptors (Lipinski definition) is 3. The number of likely N-dealkylation sites (N-methyl/N-ethyl adjacent to an activating group) is 1. The Kier molecular flexibility index (Phi) is 5.70. The van der Waals surface area contributed by atoms with Crippen LogP contribution in [0.4, 0.5) is 5.69 Å². The molecule has 5 nitrogen and oxygen atoms in total. The van der Waals surface area contributed by atoms with E-state index in [2.05, 4.69) is 30.3 Å². The van der Waals surface area contributed by atoms with Crippen LogP contribution in [0.25, 0.3) is 10.8 Å². The number of anilines is 1. The first-order valence-corrected chi connectivity index (χ1v) is 10.3. The third-order valence-electron chi connectivity index (χ3n) is 5.65. The van der Waals surface area contributed by atoms with Crippen LogP contribution in [-0.4, -0.2) is 43.0 Å². The Morgan fingerprint density at radius 3 is 2.63 bits per heavy atom. The second-order valence-corrected chi connectivity index (χ2v) is 7.67. The van der Waals surface area contributed by atoms with Gasteiger partial charge in [-0.05, 0) is 41.8 Å². The van der Waals surface area contributed by atoms with Gasteiger partial charge in [-0.2, -0.15) is 0 Å². The molecule has 0 aromatic heterocycles. The van der Waals surface area contributed by atoms with Gasteiger partial charge in [0, 0.05) is 26.6 Å². The van der Waals surface area contributed by atoms with E-state index in [0.29, 0.717) is 18.8 Å². The van der Waals surface area contributed by atoms with E-state index in [1.54, 1.807) is 16.7 Å². The van der Waals surface area contributed by atoms with Crippen molar-refractivity contribution in [1.29, 1.82) is 0 Å². The minimum absolute atomic E-state index is 0.0275. The summed E-state index contributed by atoms with van der Waals surface area (Å²) in [5.41, 5.74) is 1.96. The molecule has 0 bridgehead atoms. The molecule has 1 heterocycles. The highest BCUT2D eigenvalue weighted by molar-refractivity contribution is 6.00. The molecule has 3 aromatic carbocycles. The highest BCUT2D eigenvalue weighted by Gasteiger charge is 2.31. The Morgan fingerprint density at radius 1 is 1.03 bits per heavy atom. The largest absolute Gasteiger partial charge is 0.479 e. The summed E-state index contributed by atoms with van der Waals surface area (Å²) in [6, 6.07) is 22.0. The fraction of sp³-hybridized carbons (Fsp3) is 0.280. The Morgan fingerprint density at radius 2 is 1.77 bits per heavy atom. The lowest BCUT2D eigenvalue weighted by Gasteiger charge is -2.33. The molecular formula is C25H26N2O3. The predicted molar refractivity (Wildman–Crippen MR) is 119 cm³/mol. The number of nitrogens with zero attached hydrogens (tertiary/aromatic N) is 2. The van der Waals surface area contributed by atoms with Crippen molar-refractivity contribution in [1.82, 2.24) is 4.90 Å². The first kappa shape index (κ1) is 20.0. The molecule has 0 saturated carbocycles. The zero-order chi connectivity index (χ0) is 21.1. The maximum absolute atomic E-state index is 12.7. The third kappa shape index (κ3) is 4.01. The van der Waals surface area contributed by atoms with E-state index in [0.717, 1.165) is 12.1 Å². The fourth-order valence-corrected chi connectivity index (χ4v) is 3.91. The quantitative estimate of drug-likeness (QED) is 0.625. The molecule has 0 spiro atoms. The van der Waals surface area contributed by atoms with Crippen LogP contribution in [0.5, 0.6) is 5.75 Å². The molecule has 30 heavy (non-hydrogen) atoms. The van der Waals surface area contributed by atoms with Gasteiger partial charge in [0.1, 0.15) is 5.75 Å². The molecule has 154 valence electrons. The SMILES string of the molecule is CC1Oc2ccccc2N(CCC(=O)N(C)CCc2cccc3ccccc23)C1=O. The summed E-state index contributed by atoms with van der Waals surface area (Å²) in [4.78, 5) is 28.7. The standard InChI is InChI=1S/C25H26N2O3/c1-18-25(29)27(22-12-5-6-13-23(22)30-18)17-15-24(28)26(2)16-14-20-10-7-9-19-8-3-4-11-21(19)20/h3-13,18H,14-17H2,1-2H3. The molecule has 3 aromatic rings. The number of para-hydroxylation sites is 2. The number of carbonyl (C=O) groups is 2. The van der Waals surface area contributed by atoms with Crippen molar-refractivity contribution in [2.45, 2.75) is 25.9 Å². The normalized spacial score (nSPS) is 15.6. The molecule has 2 amide bonds. The minimum atomic E-state index is -0.543. The molecule has 1 atom stereocenters. The molecule has 0 fully saturated rings. The lowest BCUT2D eigenvalue weighted by atomic mass is 10.0. The Labute approximate surface area is 176 Å². The number of ether oxygens (including phenoxy) is 1. The molecule has 0 aliphatic carbocycles. The zero-order valence-electron chi connectivity index (χ0n) is 17.4. The highest BCUT2D eigenvalue weighted by Crippen LogP contribution is 2.33. The van der Waals surface area contributed by atoms with Crippen molar-refractivity contribution in [2.75, 3.05) is 25.0 Å². The molecule has 0 saturated heterocycles. The number of benzene rings is 3. The minimum Gasteiger partial charge on any atom is -0.479 e. The van der Waals surface area contributed by atoms with Gasteiger partial charge in [0.2, 0.25) is 5.91 Å². The van der Waals surface area contributed by atoms with E-state index in [4.69, 9.17) is 4.74 Å². The van der Waals surface area contributed by atoms with Crippen LogP contribution >= 0.6 is 0 Å². The Hall–Kier alpha value is -3.34. The highest BCUT2D eigenvalue weighted by atomic mass is 16.5. The van der Waals surface area contributed by atoms with Crippen LogP contribution in [0.2, 0.25) is 0 Å². The first-order valence-electron chi connectivity index (χ1n) is 10.3. The van der Waals surface area contributed by atoms with Gasteiger partial charge in [-0.25, -0.2) is 0 Å². The van der Waals surface area contributed by atoms with Crippen LogP contribution in [0.15, 0.2) is 66.7 Å². The number of amides is 2. The van der Waals surface area contributed by atoms with Gasteiger partial charge in [-0.15, -0.1) is 0 Å². The summed E-state index contributed by atoms with van der Waals surface area (Å²) in [5.74, 6) is 0.598. The van der Waals surface area contributed by atoms with Crippen LogP contribution in [0.1, 0.15) is 18.9 Å². The van der Waals surface area contributed by atoms with Gasteiger partial charge in [-0.1, -0.05) is 54.6 Å². The van der Waals surface area contributed by atoms with Crippen molar-refractivity contribution in [3.05, 3.63) is 72.3 Å². The van der Waals surface area contributed by atoms with E-state index < -0.39 is 6.10 Å². The van der Waals surface area contributed by atoms with Gasteiger partial charge in [0.25, 0.3) is 5.91 Å². The van der Waals surface area contributed by atoms with Crippen LogP contribution in [0.3, 0.4) is 0 Å². The summed E-state index contributed by atoms with van der Waals surface area (Å²) < 4.78 is 5.66. The molecule has 0 N–H and O–H groups in total. The summed E-state index contributed by atoms with van der Waals surface area (Å²) in [7, 11) is 1.82. The summed E-state index contributed by atoms with van der Waals surface area (Å²) in [5, 5.41) is 2.44. The average molecular weight is 402 g/mol. The monoisotopic (exact) mass is 402 g/mol.